The first-order valence-electron chi connectivity index (χ1n) is 7.35. The zero-order valence-corrected chi connectivity index (χ0v) is 12.4. The van der Waals surface area contributed by atoms with Gasteiger partial charge in [0.2, 0.25) is 0 Å². The fourth-order valence-electron chi connectivity index (χ4n) is 2.51. The summed E-state index contributed by atoms with van der Waals surface area (Å²) < 4.78 is 2.00. The van der Waals surface area contributed by atoms with E-state index in [9.17, 15) is 0 Å². The van der Waals surface area contributed by atoms with Crippen molar-refractivity contribution < 1.29 is 0 Å². The van der Waals surface area contributed by atoms with Gasteiger partial charge in [0.1, 0.15) is 12.2 Å². The third kappa shape index (κ3) is 3.90. The van der Waals surface area contributed by atoms with Crippen LogP contribution in [-0.2, 0) is 19.4 Å². The fourth-order valence-corrected chi connectivity index (χ4v) is 2.51. The maximum absolute atomic E-state index is 5.94. The first-order chi connectivity index (χ1) is 9.72. The highest BCUT2D eigenvalue weighted by molar-refractivity contribution is 5.22. The number of nitrogens with zero attached hydrogens (tertiary/aromatic N) is 3. The summed E-state index contributed by atoms with van der Waals surface area (Å²) in [6.07, 6.45) is 4.61. The van der Waals surface area contributed by atoms with E-state index in [1.165, 1.54) is 11.1 Å². The molecule has 0 aliphatic rings. The van der Waals surface area contributed by atoms with Crippen molar-refractivity contribution in [3.8, 4) is 0 Å². The van der Waals surface area contributed by atoms with Crippen molar-refractivity contribution in [3.63, 3.8) is 0 Å². The van der Waals surface area contributed by atoms with E-state index in [-0.39, 0.29) is 0 Å². The molecule has 0 aliphatic heterocycles. The highest BCUT2D eigenvalue weighted by atomic mass is 15.3. The van der Waals surface area contributed by atoms with Gasteiger partial charge in [0.15, 0.2) is 0 Å². The Labute approximate surface area is 121 Å². The smallest absolute Gasteiger partial charge is 0.138 e. The predicted molar refractivity (Wildman–Crippen MR) is 81.4 cm³/mol. The number of aromatic nitrogens is 3. The first kappa shape index (κ1) is 14.7. The van der Waals surface area contributed by atoms with Gasteiger partial charge in [-0.3, -0.25) is 4.68 Å². The van der Waals surface area contributed by atoms with Crippen molar-refractivity contribution in [1.29, 1.82) is 0 Å². The molecule has 1 aromatic carbocycles. The molecular formula is C16H24N4. The second kappa shape index (κ2) is 7.20. The lowest BCUT2D eigenvalue weighted by Gasteiger charge is -2.15. The maximum atomic E-state index is 5.94. The molecule has 0 saturated heterocycles. The van der Waals surface area contributed by atoms with Gasteiger partial charge in [-0.05, 0) is 37.8 Å². The summed E-state index contributed by atoms with van der Waals surface area (Å²) in [5, 5.41) is 4.28. The van der Waals surface area contributed by atoms with Crippen LogP contribution in [0.2, 0.25) is 0 Å². The lowest BCUT2D eigenvalue weighted by molar-refractivity contribution is 0.482. The van der Waals surface area contributed by atoms with Crippen molar-refractivity contribution in [2.45, 2.75) is 39.7 Å². The van der Waals surface area contributed by atoms with Gasteiger partial charge >= 0.3 is 0 Å². The standard InChI is InChI=1S/C16H24N4/c1-3-7-20-16(18-12-19-20)10-15(11-17)9-14-6-4-5-13(2)8-14/h4-6,8,12,15H,3,7,9-11,17H2,1-2H3. The topological polar surface area (TPSA) is 56.7 Å². The molecule has 0 aliphatic carbocycles. The second-order valence-electron chi connectivity index (χ2n) is 5.40. The fraction of sp³-hybridized carbons (Fsp3) is 0.500. The molecule has 0 amide bonds. The van der Waals surface area contributed by atoms with Crippen molar-refractivity contribution in [3.05, 3.63) is 47.5 Å². The Hall–Kier alpha value is -1.68. The van der Waals surface area contributed by atoms with Crippen LogP contribution in [0.1, 0.15) is 30.3 Å². The molecule has 2 rings (SSSR count). The van der Waals surface area contributed by atoms with Crippen LogP contribution >= 0.6 is 0 Å². The molecule has 20 heavy (non-hydrogen) atoms. The summed E-state index contributed by atoms with van der Waals surface area (Å²) in [5.41, 5.74) is 8.59. The highest BCUT2D eigenvalue weighted by Gasteiger charge is 2.13. The van der Waals surface area contributed by atoms with Gasteiger partial charge in [0.25, 0.3) is 0 Å². The quantitative estimate of drug-likeness (QED) is 0.841. The number of nitrogens with two attached hydrogens (primary N) is 1. The van der Waals surface area contributed by atoms with Crippen LogP contribution in [0, 0.1) is 12.8 Å². The van der Waals surface area contributed by atoms with Crippen molar-refractivity contribution in [2.24, 2.45) is 11.7 Å². The zero-order chi connectivity index (χ0) is 14.4. The third-order valence-corrected chi connectivity index (χ3v) is 3.54. The minimum Gasteiger partial charge on any atom is -0.330 e. The van der Waals surface area contributed by atoms with E-state index in [0.29, 0.717) is 12.5 Å². The van der Waals surface area contributed by atoms with Gasteiger partial charge in [-0.25, -0.2) is 4.98 Å². The summed E-state index contributed by atoms with van der Waals surface area (Å²) in [6.45, 7) is 5.88. The molecule has 1 aromatic heterocycles. The third-order valence-electron chi connectivity index (χ3n) is 3.54. The van der Waals surface area contributed by atoms with Gasteiger partial charge < -0.3 is 5.73 Å². The molecule has 2 N–H and O–H groups in total. The van der Waals surface area contributed by atoms with Crippen LogP contribution in [0.5, 0.6) is 0 Å². The number of hydrogen-bond acceptors (Lipinski definition) is 3. The average Bonchev–Trinajstić information content (AvgIpc) is 2.86. The summed E-state index contributed by atoms with van der Waals surface area (Å²) >= 11 is 0. The Kier molecular flexibility index (Phi) is 5.30. The molecule has 1 heterocycles. The van der Waals surface area contributed by atoms with E-state index >= 15 is 0 Å². The van der Waals surface area contributed by atoms with Crippen LogP contribution < -0.4 is 5.73 Å². The van der Waals surface area contributed by atoms with E-state index in [0.717, 1.165) is 31.6 Å². The predicted octanol–water partition coefficient (Wildman–Crippen LogP) is 2.36. The van der Waals surface area contributed by atoms with Crippen molar-refractivity contribution in [2.75, 3.05) is 6.54 Å². The van der Waals surface area contributed by atoms with Crippen LogP contribution in [0.4, 0.5) is 0 Å². The molecule has 0 fully saturated rings. The minimum absolute atomic E-state index is 0.414. The van der Waals surface area contributed by atoms with Crippen LogP contribution in [0.3, 0.4) is 0 Å². The summed E-state index contributed by atoms with van der Waals surface area (Å²) in [6, 6.07) is 8.64. The van der Waals surface area contributed by atoms with E-state index in [1.54, 1.807) is 6.33 Å². The highest BCUT2D eigenvalue weighted by Crippen LogP contribution is 2.14. The first-order valence-corrected chi connectivity index (χ1v) is 7.35. The maximum Gasteiger partial charge on any atom is 0.138 e. The summed E-state index contributed by atoms with van der Waals surface area (Å²) in [4.78, 5) is 4.38. The van der Waals surface area contributed by atoms with Gasteiger partial charge in [-0.1, -0.05) is 36.8 Å². The van der Waals surface area contributed by atoms with Gasteiger partial charge in [-0.2, -0.15) is 5.10 Å². The lowest BCUT2D eigenvalue weighted by atomic mass is 9.95. The largest absolute Gasteiger partial charge is 0.330 e. The summed E-state index contributed by atoms with van der Waals surface area (Å²) in [5.74, 6) is 1.46. The molecule has 4 nitrogen and oxygen atoms in total. The molecule has 0 saturated carbocycles. The molecule has 1 unspecified atom stereocenters. The average molecular weight is 272 g/mol. The molecular weight excluding hydrogens is 248 g/mol. The van der Waals surface area contributed by atoms with Crippen LogP contribution in [0.25, 0.3) is 0 Å². The number of hydrogen-bond donors (Lipinski definition) is 1. The Morgan fingerprint density at radius 2 is 2.15 bits per heavy atom. The van der Waals surface area contributed by atoms with E-state index in [2.05, 4.69) is 48.2 Å². The Morgan fingerprint density at radius 3 is 2.85 bits per heavy atom. The van der Waals surface area contributed by atoms with E-state index in [1.807, 2.05) is 4.68 Å². The number of aryl methyl sites for hydroxylation is 2. The SMILES string of the molecule is CCCn1ncnc1CC(CN)Cc1cccc(C)c1. The van der Waals surface area contributed by atoms with Crippen molar-refractivity contribution in [1.82, 2.24) is 14.8 Å². The monoisotopic (exact) mass is 272 g/mol. The van der Waals surface area contributed by atoms with Crippen LogP contribution in [0.15, 0.2) is 30.6 Å². The van der Waals surface area contributed by atoms with Gasteiger partial charge in [0, 0.05) is 13.0 Å². The molecule has 4 heteroatoms. The Balaban J connectivity index is 2.03. The number of rotatable bonds is 7. The van der Waals surface area contributed by atoms with Crippen molar-refractivity contribution >= 4 is 0 Å². The molecule has 0 spiro atoms. The molecule has 1 atom stereocenters. The normalized spacial score (nSPS) is 12.6. The number of benzene rings is 1. The lowest BCUT2D eigenvalue weighted by Crippen LogP contribution is -2.21. The van der Waals surface area contributed by atoms with E-state index in [4.69, 9.17) is 5.73 Å². The van der Waals surface area contributed by atoms with Crippen LogP contribution in [-0.4, -0.2) is 21.3 Å². The minimum atomic E-state index is 0.414. The molecule has 0 radical (unpaired) electrons. The molecule has 0 bridgehead atoms. The Bertz CT molecular complexity index is 533. The molecule has 108 valence electrons. The van der Waals surface area contributed by atoms with E-state index < -0.39 is 0 Å². The Morgan fingerprint density at radius 1 is 1.30 bits per heavy atom. The van der Waals surface area contributed by atoms with Gasteiger partial charge in [0.05, 0.1) is 0 Å². The summed E-state index contributed by atoms with van der Waals surface area (Å²) in [7, 11) is 0. The second-order valence-corrected chi connectivity index (χ2v) is 5.40. The zero-order valence-electron chi connectivity index (χ0n) is 12.4. The van der Waals surface area contributed by atoms with Gasteiger partial charge in [-0.15, -0.1) is 0 Å². The molecule has 2 aromatic rings.